The number of amides is 1. The molecule has 148 valence electrons. The molecule has 0 spiro atoms. The van der Waals surface area contributed by atoms with E-state index in [9.17, 15) is 18.0 Å². The lowest BCUT2D eigenvalue weighted by atomic mass is 10.1. The monoisotopic (exact) mass is 464 g/mol. The minimum Gasteiger partial charge on any atom is -0.336 e. The van der Waals surface area contributed by atoms with Crippen LogP contribution in [0.3, 0.4) is 0 Å². The molecular weight excluding hydrogens is 444 g/mol. The highest BCUT2D eigenvalue weighted by atomic mass is 79.9. The number of hydrogen-bond acceptors (Lipinski definition) is 4. The molecule has 0 unspecified atom stereocenters. The second kappa shape index (κ2) is 8.14. The number of nitrogens with zero attached hydrogens (tertiary/aromatic N) is 2. The van der Waals surface area contributed by atoms with Gasteiger partial charge in [-0.05, 0) is 49.7 Å². The summed E-state index contributed by atoms with van der Waals surface area (Å²) < 4.78 is 28.0. The maximum absolute atomic E-state index is 12.8. The molecule has 3 rings (SSSR count). The van der Waals surface area contributed by atoms with Crippen molar-refractivity contribution in [1.29, 1.82) is 0 Å². The molecule has 0 saturated carbocycles. The summed E-state index contributed by atoms with van der Waals surface area (Å²) in [7, 11) is -3.65. The summed E-state index contributed by atoms with van der Waals surface area (Å²) in [5.41, 5.74) is 1.97. The van der Waals surface area contributed by atoms with Crippen molar-refractivity contribution in [3.63, 3.8) is 0 Å². The number of aryl methyl sites for hydroxylation is 1. The Bertz CT molecular complexity index is 1010. The van der Waals surface area contributed by atoms with Crippen LogP contribution in [0.15, 0.2) is 51.8 Å². The lowest BCUT2D eigenvalue weighted by molar-refractivity contribution is 0.0697. The van der Waals surface area contributed by atoms with Gasteiger partial charge in [0.05, 0.1) is 4.90 Å². The zero-order chi connectivity index (χ0) is 20.5. The summed E-state index contributed by atoms with van der Waals surface area (Å²) >= 11 is 3.39. The summed E-state index contributed by atoms with van der Waals surface area (Å²) in [5.74, 6) is -0.202. The first kappa shape index (κ1) is 20.7. The van der Waals surface area contributed by atoms with Crippen LogP contribution in [0, 0.1) is 6.92 Å². The maximum Gasteiger partial charge on any atom is 0.254 e. The molecule has 0 atom stereocenters. The molecule has 0 bridgehead atoms. The summed E-state index contributed by atoms with van der Waals surface area (Å²) in [5, 5.41) is 0. The van der Waals surface area contributed by atoms with Crippen LogP contribution in [-0.4, -0.2) is 55.5 Å². The third-order valence-corrected chi connectivity index (χ3v) is 7.25. The van der Waals surface area contributed by atoms with Crippen LogP contribution in [0.25, 0.3) is 0 Å². The highest BCUT2D eigenvalue weighted by Gasteiger charge is 2.30. The van der Waals surface area contributed by atoms with Gasteiger partial charge in [0.1, 0.15) is 0 Å². The Morgan fingerprint density at radius 1 is 0.964 bits per heavy atom. The van der Waals surface area contributed by atoms with Gasteiger partial charge >= 0.3 is 0 Å². The van der Waals surface area contributed by atoms with Crippen LogP contribution in [0.1, 0.15) is 33.2 Å². The van der Waals surface area contributed by atoms with Crippen molar-refractivity contribution in [2.24, 2.45) is 0 Å². The van der Waals surface area contributed by atoms with E-state index in [-0.39, 0.29) is 29.7 Å². The average Bonchev–Trinajstić information content (AvgIpc) is 2.67. The van der Waals surface area contributed by atoms with E-state index in [1.807, 2.05) is 19.1 Å². The average molecular weight is 465 g/mol. The SMILES string of the molecule is CC(=O)c1ccc(S(=O)(=O)N2CCN(C(=O)c3ccc(Br)cc3C)CC2)cc1. The quantitative estimate of drug-likeness (QED) is 0.651. The van der Waals surface area contributed by atoms with Gasteiger partial charge in [-0.3, -0.25) is 9.59 Å². The molecule has 1 saturated heterocycles. The number of benzene rings is 2. The Morgan fingerprint density at radius 2 is 1.57 bits per heavy atom. The van der Waals surface area contributed by atoms with Crippen LogP contribution < -0.4 is 0 Å². The standard InChI is InChI=1S/C20H21BrN2O4S/c1-14-13-17(21)5-8-19(14)20(25)22-9-11-23(12-10-22)28(26,27)18-6-3-16(4-7-18)15(2)24/h3-8,13H,9-12H2,1-2H3. The van der Waals surface area contributed by atoms with Crippen molar-refractivity contribution < 1.29 is 18.0 Å². The molecule has 28 heavy (non-hydrogen) atoms. The molecular formula is C20H21BrN2O4S. The van der Waals surface area contributed by atoms with E-state index < -0.39 is 10.0 Å². The van der Waals surface area contributed by atoms with E-state index in [1.165, 1.54) is 35.5 Å². The first-order valence-electron chi connectivity index (χ1n) is 8.87. The molecule has 0 aliphatic carbocycles. The van der Waals surface area contributed by atoms with E-state index in [2.05, 4.69) is 15.9 Å². The fraction of sp³-hybridized carbons (Fsp3) is 0.300. The number of piperazine rings is 1. The molecule has 0 aromatic heterocycles. The molecule has 0 radical (unpaired) electrons. The first-order valence-corrected chi connectivity index (χ1v) is 11.1. The predicted molar refractivity (Wildman–Crippen MR) is 110 cm³/mol. The van der Waals surface area contributed by atoms with Gasteiger partial charge in [-0.2, -0.15) is 4.31 Å². The van der Waals surface area contributed by atoms with Crippen LogP contribution in [0.5, 0.6) is 0 Å². The Kier molecular flexibility index (Phi) is 6.02. The molecule has 6 nitrogen and oxygen atoms in total. The Morgan fingerprint density at radius 3 is 2.11 bits per heavy atom. The van der Waals surface area contributed by atoms with Gasteiger partial charge in [0, 0.05) is 41.8 Å². The minimum absolute atomic E-state index is 0.0899. The second-order valence-corrected chi connectivity index (χ2v) is 9.59. The molecule has 1 heterocycles. The lowest BCUT2D eigenvalue weighted by Gasteiger charge is -2.34. The summed E-state index contributed by atoms with van der Waals surface area (Å²) in [6, 6.07) is 11.4. The number of hydrogen-bond donors (Lipinski definition) is 0. The Labute approximate surface area is 173 Å². The highest BCUT2D eigenvalue weighted by Crippen LogP contribution is 2.21. The predicted octanol–water partition coefficient (Wildman–Crippen LogP) is 3.11. The zero-order valence-corrected chi connectivity index (χ0v) is 18.1. The highest BCUT2D eigenvalue weighted by molar-refractivity contribution is 9.10. The smallest absolute Gasteiger partial charge is 0.254 e. The number of rotatable bonds is 4. The van der Waals surface area contributed by atoms with Gasteiger partial charge in [-0.1, -0.05) is 28.1 Å². The Hall–Kier alpha value is -2.03. The third kappa shape index (κ3) is 4.19. The number of ketones is 1. The first-order chi connectivity index (χ1) is 13.2. The molecule has 2 aromatic carbocycles. The van der Waals surface area contributed by atoms with Gasteiger partial charge in [0.25, 0.3) is 5.91 Å². The molecule has 2 aromatic rings. The van der Waals surface area contributed by atoms with Gasteiger partial charge in [0.2, 0.25) is 10.0 Å². The van der Waals surface area contributed by atoms with Gasteiger partial charge < -0.3 is 4.90 Å². The van der Waals surface area contributed by atoms with Crippen molar-refractivity contribution in [2.75, 3.05) is 26.2 Å². The van der Waals surface area contributed by atoms with Crippen LogP contribution in [0.2, 0.25) is 0 Å². The molecule has 1 aliphatic heterocycles. The van der Waals surface area contributed by atoms with Crippen LogP contribution in [0.4, 0.5) is 0 Å². The molecule has 0 N–H and O–H groups in total. The molecule has 1 aliphatic rings. The summed E-state index contributed by atoms with van der Waals surface area (Å²) in [4.78, 5) is 26.0. The fourth-order valence-electron chi connectivity index (χ4n) is 3.18. The Balaban J connectivity index is 1.70. The van der Waals surface area contributed by atoms with Crippen LogP contribution in [-0.2, 0) is 10.0 Å². The molecule has 8 heteroatoms. The fourth-order valence-corrected chi connectivity index (χ4v) is 5.08. The number of sulfonamides is 1. The number of halogens is 1. The van der Waals surface area contributed by atoms with Crippen molar-refractivity contribution in [1.82, 2.24) is 9.21 Å². The van der Waals surface area contributed by atoms with Crippen molar-refractivity contribution in [3.05, 3.63) is 63.6 Å². The van der Waals surface area contributed by atoms with E-state index in [0.717, 1.165) is 10.0 Å². The van der Waals surface area contributed by atoms with Crippen LogP contribution >= 0.6 is 15.9 Å². The van der Waals surface area contributed by atoms with Gasteiger partial charge in [0.15, 0.2) is 5.78 Å². The lowest BCUT2D eigenvalue weighted by Crippen LogP contribution is -2.50. The third-order valence-electron chi connectivity index (χ3n) is 4.84. The molecule has 1 amide bonds. The second-order valence-electron chi connectivity index (χ2n) is 6.74. The van der Waals surface area contributed by atoms with E-state index in [0.29, 0.717) is 24.2 Å². The van der Waals surface area contributed by atoms with Crippen molar-refractivity contribution in [2.45, 2.75) is 18.7 Å². The number of Topliss-reactive ketones (excluding diaryl/α,β-unsaturated/α-hetero) is 1. The summed E-state index contributed by atoms with van der Waals surface area (Å²) in [6.45, 7) is 4.45. The zero-order valence-electron chi connectivity index (χ0n) is 15.7. The van der Waals surface area contributed by atoms with Gasteiger partial charge in [-0.15, -0.1) is 0 Å². The topological polar surface area (TPSA) is 74.8 Å². The summed E-state index contributed by atoms with van der Waals surface area (Å²) in [6.07, 6.45) is 0. The number of carbonyl (C=O) groups is 2. The van der Waals surface area contributed by atoms with Gasteiger partial charge in [-0.25, -0.2) is 8.42 Å². The van der Waals surface area contributed by atoms with Crippen molar-refractivity contribution >= 4 is 37.6 Å². The number of carbonyl (C=O) groups excluding carboxylic acids is 2. The molecule has 1 fully saturated rings. The van der Waals surface area contributed by atoms with E-state index >= 15 is 0 Å². The largest absolute Gasteiger partial charge is 0.336 e. The normalized spacial score (nSPS) is 15.5. The minimum atomic E-state index is -3.65. The van der Waals surface area contributed by atoms with Crippen molar-refractivity contribution in [3.8, 4) is 0 Å². The van der Waals surface area contributed by atoms with E-state index in [4.69, 9.17) is 0 Å². The van der Waals surface area contributed by atoms with E-state index in [1.54, 1.807) is 11.0 Å². The maximum atomic E-state index is 12.8.